The van der Waals surface area contributed by atoms with Crippen molar-refractivity contribution in [3.05, 3.63) is 19.3 Å². The molecule has 0 N–H and O–H groups in total. The quantitative estimate of drug-likeness (QED) is 0.310. The number of rotatable bonds is 5. The standard InChI is InChI=1S/C12H18ClIN4O2Si/c1-17-11(19)8-9(14)16-18(10(8)15-12(17)13)7-20-5-6-21(2,3)4/h5-7H2,1-4H3. The van der Waals surface area contributed by atoms with Crippen molar-refractivity contribution in [1.82, 2.24) is 19.3 Å². The maximum absolute atomic E-state index is 12.2. The molecule has 21 heavy (non-hydrogen) atoms. The highest BCUT2D eigenvalue weighted by atomic mass is 127. The molecule has 0 radical (unpaired) electrons. The van der Waals surface area contributed by atoms with Gasteiger partial charge in [-0.1, -0.05) is 19.6 Å². The van der Waals surface area contributed by atoms with Crippen LogP contribution in [0.2, 0.25) is 31.0 Å². The van der Waals surface area contributed by atoms with Crippen LogP contribution in [0.1, 0.15) is 0 Å². The highest BCUT2D eigenvalue weighted by Gasteiger charge is 2.17. The van der Waals surface area contributed by atoms with Gasteiger partial charge in [-0.3, -0.25) is 9.36 Å². The van der Waals surface area contributed by atoms with Crippen LogP contribution in [-0.2, 0) is 18.5 Å². The third-order valence-electron chi connectivity index (χ3n) is 3.09. The molecular weight excluding hydrogens is 423 g/mol. The third kappa shape index (κ3) is 3.85. The van der Waals surface area contributed by atoms with Crippen LogP contribution in [0.4, 0.5) is 0 Å². The molecule has 0 unspecified atom stereocenters. The molecule has 2 aromatic heterocycles. The van der Waals surface area contributed by atoms with E-state index in [1.54, 1.807) is 11.7 Å². The van der Waals surface area contributed by atoms with Gasteiger partial charge in [-0.25, -0.2) is 4.68 Å². The van der Waals surface area contributed by atoms with Gasteiger partial charge in [-0.05, 0) is 40.2 Å². The molecule has 2 heterocycles. The molecule has 2 aromatic rings. The smallest absolute Gasteiger partial charge is 0.266 e. The topological polar surface area (TPSA) is 61.9 Å². The van der Waals surface area contributed by atoms with Crippen LogP contribution < -0.4 is 5.56 Å². The van der Waals surface area contributed by atoms with E-state index in [9.17, 15) is 4.79 Å². The van der Waals surface area contributed by atoms with Gasteiger partial charge in [0.25, 0.3) is 5.56 Å². The molecule has 2 rings (SSSR count). The number of hydrogen-bond acceptors (Lipinski definition) is 4. The van der Waals surface area contributed by atoms with Crippen molar-refractivity contribution < 1.29 is 4.74 Å². The van der Waals surface area contributed by atoms with Gasteiger partial charge >= 0.3 is 0 Å². The Morgan fingerprint density at radius 1 is 1.38 bits per heavy atom. The SMILES string of the molecule is Cn1c(Cl)nc2c(c(I)nn2COCC[Si](C)(C)C)c1=O. The van der Waals surface area contributed by atoms with Crippen LogP contribution in [0.5, 0.6) is 0 Å². The Morgan fingerprint density at radius 2 is 2.05 bits per heavy atom. The molecule has 0 saturated carbocycles. The Kier molecular flexibility index (Phi) is 5.11. The number of aromatic nitrogens is 4. The minimum absolute atomic E-state index is 0.146. The van der Waals surface area contributed by atoms with Crippen molar-refractivity contribution in [3.8, 4) is 0 Å². The summed E-state index contributed by atoms with van der Waals surface area (Å²) in [4.78, 5) is 16.4. The van der Waals surface area contributed by atoms with Crippen LogP contribution >= 0.6 is 34.2 Å². The minimum atomic E-state index is -1.12. The average molecular weight is 441 g/mol. The van der Waals surface area contributed by atoms with Gasteiger partial charge in [0.05, 0.1) is 0 Å². The van der Waals surface area contributed by atoms with Gasteiger partial charge in [0, 0.05) is 21.7 Å². The molecule has 0 aromatic carbocycles. The largest absolute Gasteiger partial charge is 0.359 e. The molecule has 0 amide bonds. The van der Waals surface area contributed by atoms with Gasteiger partial charge < -0.3 is 4.74 Å². The number of halogens is 2. The first-order chi connectivity index (χ1) is 9.70. The number of fused-ring (bicyclic) bond motifs is 1. The van der Waals surface area contributed by atoms with Crippen LogP contribution in [0.3, 0.4) is 0 Å². The first kappa shape index (κ1) is 16.9. The zero-order valence-corrected chi connectivity index (χ0v) is 16.4. The molecule has 0 saturated heterocycles. The van der Waals surface area contributed by atoms with E-state index in [0.29, 0.717) is 21.3 Å². The van der Waals surface area contributed by atoms with Crippen molar-refractivity contribution in [1.29, 1.82) is 0 Å². The summed E-state index contributed by atoms with van der Waals surface area (Å²) in [5.41, 5.74) is 0.281. The van der Waals surface area contributed by atoms with E-state index < -0.39 is 8.07 Å². The van der Waals surface area contributed by atoms with Gasteiger partial charge in [0.2, 0.25) is 5.28 Å². The second-order valence-electron chi connectivity index (χ2n) is 6.08. The zero-order chi connectivity index (χ0) is 15.8. The first-order valence-corrected chi connectivity index (χ1v) is 11.7. The number of nitrogens with zero attached hydrogens (tertiary/aromatic N) is 4. The molecule has 116 valence electrons. The lowest BCUT2D eigenvalue weighted by molar-refractivity contribution is 0.0810. The van der Waals surface area contributed by atoms with Crippen molar-refractivity contribution >= 4 is 53.3 Å². The molecule has 0 aliphatic heterocycles. The first-order valence-electron chi connectivity index (χ1n) is 6.57. The summed E-state index contributed by atoms with van der Waals surface area (Å²) in [6, 6.07) is 1.08. The average Bonchev–Trinajstić information content (AvgIpc) is 2.67. The van der Waals surface area contributed by atoms with E-state index >= 15 is 0 Å². The normalized spacial score (nSPS) is 12.3. The Labute approximate surface area is 142 Å². The third-order valence-corrected chi connectivity index (χ3v) is 5.88. The Balaban J connectivity index is 2.24. The highest BCUT2D eigenvalue weighted by Crippen LogP contribution is 2.17. The van der Waals surface area contributed by atoms with Crippen molar-refractivity contribution in [3.63, 3.8) is 0 Å². The van der Waals surface area contributed by atoms with Crippen LogP contribution in [0.25, 0.3) is 11.0 Å². The van der Waals surface area contributed by atoms with Crippen molar-refractivity contribution in [2.45, 2.75) is 32.4 Å². The van der Waals surface area contributed by atoms with Crippen molar-refractivity contribution in [2.24, 2.45) is 7.05 Å². The Morgan fingerprint density at radius 3 is 2.67 bits per heavy atom. The van der Waals surface area contributed by atoms with E-state index in [4.69, 9.17) is 16.3 Å². The van der Waals surface area contributed by atoms with Crippen LogP contribution in [0, 0.1) is 3.70 Å². The van der Waals surface area contributed by atoms with Crippen LogP contribution in [-0.4, -0.2) is 34.0 Å². The second-order valence-corrected chi connectivity index (χ2v) is 13.1. The van der Waals surface area contributed by atoms with Gasteiger partial charge in [0.1, 0.15) is 15.8 Å². The summed E-state index contributed by atoms with van der Waals surface area (Å²) in [5, 5.41) is 4.95. The molecule has 0 aliphatic carbocycles. The molecule has 0 spiro atoms. The molecule has 0 bridgehead atoms. The summed E-state index contributed by atoms with van der Waals surface area (Å²) in [6.45, 7) is 7.86. The summed E-state index contributed by atoms with van der Waals surface area (Å²) in [5.74, 6) is 0. The predicted octanol–water partition coefficient (Wildman–Crippen LogP) is 2.70. The van der Waals surface area contributed by atoms with E-state index in [2.05, 4.69) is 29.7 Å². The molecule has 6 nitrogen and oxygen atoms in total. The fourth-order valence-corrected chi connectivity index (χ4v) is 3.40. The monoisotopic (exact) mass is 440 g/mol. The van der Waals surface area contributed by atoms with Gasteiger partial charge in [-0.2, -0.15) is 10.1 Å². The van der Waals surface area contributed by atoms with E-state index in [1.807, 2.05) is 22.6 Å². The fraction of sp³-hybridized carbons (Fsp3) is 0.583. The highest BCUT2D eigenvalue weighted by molar-refractivity contribution is 14.1. The number of ether oxygens (including phenoxy) is 1. The van der Waals surface area contributed by atoms with Crippen molar-refractivity contribution in [2.75, 3.05) is 6.61 Å². The fourth-order valence-electron chi connectivity index (χ4n) is 1.76. The predicted molar refractivity (Wildman–Crippen MR) is 94.6 cm³/mol. The summed E-state index contributed by atoms with van der Waals surface area (Å²) in [6.07, 6.45) is 0. The lowest BCUT2D eigenvalue weighted by Crippen LogP contribution is -2.22. The summed E-state index contributed by atoms with van der Waals surface area (Å²) < 4.78 is 9.18. The molecule has 0 atom stereocenters. The lowest BCUT2D eigenvalue weighted by atomic mass is 10.4. The summed E-state index contributed by atoms with van der Waals surface area (Å²) in [7, 11) is 0.477. The van der Waals surface area contributed by atoms with Gasteiger partial charge in [0.15, 0.2) is 5.65 Å². The minimum Gasteiger partial charge on any atom is -0.359 e. The second kappa shape index (κ2) is 6.35. The van der Waals surface area contributed by atoms with E-state index in [-0.39, 0.29) is 17.6 Å². The molecule has 0 aliphatic rings. The Hall–Kier alpha value is -0.453. The van der Waals surface area contributed by atoms with Crippen LogP contribution in [0.15, 0.2) is 4.79 Å². The number of hydrogen-bond donors (Lipinski definition) is 0. The Bertz CT molecular complexity index is 723. The van der Waals surface area contributed by atoms with E-state index in [1.165, 1.54) is 4.57 Å². The maximum atomic E-state index is 12.2. The lowest BCUT2D eigenvalue weighted by Gasteiger charge is -2.15. The van der Waals surface area contributed by atoms with E-state index in [0.717, 1.165) is 6.04 Å². The maximum Gasteiger partial charge on any atom is 0.266 e. The van der Waals surface area contributed by atoms with Gasteiger partial charge in [-0.15, -0.1) is 0 Å². The molecule has 9 heteroatoms. The molecular formula is C12H18ClIN4O2Si. The molecule has 0 fully saturated rings. The summed E-state index contributed by atoms with van der Waals surface area (Å²) >= 11 is 8.00. The zero-order valence-electron chi connectivity index (χ0n) is 12.5.